The van der Waals surface area contributed by atoms with Gasteiger partial charge in [0.15, 0.2) is 0 Å². The first-order valence-electron chi connectivity index (χ1n) is 9.73. The zero-order valence-corrected chi connectivity index (χ0v) is 15.9. The van der Waals surface area contributed by atoms with E-state index in [2.05, 4.69) is 50.4 Å². The van der Waals surface area contributed by atoms with E-state index in [4.69, 9.17) is 0 Å². The van der Waals surface area contributed by atoms with E-state index in [1.807, 2.05) is 29.3 Å². The van der Waals surface area contributed by atoms with Gasteiger partial charge >= 0.3 is 0 Å². The predicted molar refractivity (Wildman–Crippen MR) is 108 cm³/mol. The van der Waals surface area contributed by atoms with Crippen molar-refractivity contribution in [3.05, 3.63) is 83.9 Å². The van der Waals surface area contributed by atoms with Crippen LogP contribution in [0.25, 0.3) is 0 Å². The third-order valence-corrected chi connectivity index (χ3v) is 5.17. The highest BCUT2D eigenvalue weighted by Gasteiger charge is 2.27. The van der Waals surface area contributed by atoms with Crippen molar-refractivity contribution in [1.29, 1.82) is 0 Å². The molecule has 4 rings (SSSR count). The van der Waals surface area contributed by atoms with Crippen LogP contribution in [0.1, 0.15) is 21.7 Å². The number of H-pyrrole nitrogens is 1. The molecule has 0 aliphatic carbocycles. The fourth-order valence-corrected chi connectivity index (χ4v) is 3.84. The highest BCUT2D eigenvalue weighted by atomic mass is 16.2. The first-order valence-corrected chi connectivity index (χ1v) is 9.73. The summed E-state index contributed by atoms with van der Waals surface area (Å²) in [6.45, 7) is 4.13. The molecule has 0 unspecified atom stereocenters. The fraction of sp³-hybridized carbons (Fsp3) is 0.318. The van der Waals surface area contributed by atoms with Crippen LogP contribution in [0.15, 0.2) is 67.0 Å². The van der Waals surface area contributed by atoms with Crippen LogP contribution in [-0.2, 0) is 13.0 Å². The Balaban J connectivity index is 1.51. The van der Waals surface area contributed by atoms with Gasteiger partial charge in [-0.25, -0.2) is 0 Å². The summed E-state index contributed by atoms with van der Waals surface area (Å²) in [5.41, 5.74) is 2.92. The second-order valence-corrected chi connectivity index (χ2v) is 7.33. The van der Waals surface area contributed by atoms with Crippen LogP contribution in [0.2, 0.25) is 0 Å². The molecule has 1 saturated heterocycles. The lowest BCUT2D eigenvalue weighted by atomic mass is 10.0. The number of pyridine rings is 1. The van der Waals surface area contributed by atoms with Gasteiger partial charge in [0.25, 0.3) is 5.91 Å². The summed E-state index contributed by atoms with van der Waals surface area (Å²) >= 11 is 0. The lowest BCUT2D eigenvalue weighted by molar-refractivity contribution is 0.0739. The molecule has 3 heterocycles. The van der Waals surface area contributed by atoms with Crippen LogP contribution in [0.3, 0.4) is 0 Å². The molecule has 1 aliphatic rings. The molecule has 0 saturated carbocycles. The van der Waals surface area contributed by atoms with E-state index in [0.29, 0.717) is 18.2 Å². The summed E-state index contributed by atoms with van der Waals surface area (Å²) in [6.07, 6.45) is 4.32. The van der Waals surface area contributed by atoms with Crippen molar-refractivity contribution in [1.82, 2.24) is 25.0 Å². The maximum atomic E-state index is 12.9. The fourth-order valence-electron chi connectivity index (χ4n) is 3.84. The van der Waals surface area contributed by atoms with Gasteiger partial charge in [0, 0.05) is 50.8 Å². The molecule has 1 N–H and O–H groups in total. The minimum atomic E-state index is 0.0186. The maximum absolute atomic E-state index is 12.9. The number of nitrogens with zero attached hydrogens (tertiary/aromatic N) is 4. The quantitative estimate of drug-likeness (QED) is 0.745. The minimum absolute atomic E-state index is 0.0186. The van der Waals surface area contributed by atoms with Crippen molar-refractivity contribution in [2.45, 2.75) is 13.0 Å². The number of aromatic nitrogens is 3. The molecule has 0 radical (unpaired) electrons. The third kappa shape index (κ3) is 4.64. The number of carbonyl (C=O) groups is 1. The number of hydrogen-bond acceptors (Lipinski definition) is 4. The molecule has 3 aromatic rings. The normalized spacial score (nSPS) is 18.0. The smallest absolute Gasteiger partial charge is 0.271 e. The van der Waals surface area contributed by atoms with Gasteiger partial charge in [-0.1, -0.05) is 36.4 Å². The summed E-state index contributed by atoms with van der Waals surface area (Å²) < 4.78 is 0. The number of hydrogen-bond donors (Lipinski definition) is 1. The van der Waals surface area contributed by atoms with Crippen LogP contribution in [0.5, 0.6) is 0 Å². The Bertz CT molecular complexity index is 866. The molecule has 1 aromatic carbocycles. The molecule has 28 heavy (non-hydrogen) atoms. The average molecular weight is 375 g/mol. The molecule has 1 fully saturated rings. The van der Waals surface area contributed by atoms with E-state index in [1.54, 1.807) is 12.3 Å². The maximum Gasteiger partial charge on any atom is 0.271 e. The molecule has 0 bridgehead atoms. The largest absolute Gasteiger partial charge is 0.336 e. The van der Waals surface area contributed by atoms with E-state index in [1.165, 1.54) is 5.56 Å². The zero-order chi connectivity index (χ0) is 19.2. The Labute approximate surface area is 165 Å². The van der Waals surface area contributed by atoms with Crippen molar-refractivity contribution in [2.75, 3.05) is 26.2 Å². The van der Waals surface area contributed by atoms with E-state index in [0.717, 1.165) is 38.3 Å². The first kappa shape index (κ1) is 18.4. The molecule has 144 valence electrons. The van der Waals surface area contributed by atoms with Gasteiger partial charge in [-0.3, -0.25) is 19.8 Å². The molecular formula is C22H25N5O. The monoisotopic (exact) mass is 375 g/mol. The van der Waals surface area contributed by atoms with Gasteiger partial charge in [0.1, 0.15) is 5.69 Å². The lowest BCUT2D eigenvalue weighted by Gasteiger charge is -2.24. The Morgan fingerprint density at radius 2 is 1.86 bits per heavy atom. The minimum Gasteiger partial charge on any atom is -0.336 e. The van der Waals surface area contributed by atoms with Crippen molar-refractivity contribution < 1.29 is 4.79 Å². The van der Waals surface area contributed by atoms with Crippen LogP contribution >= 0.6 is 0 Å². The molecule has 6 heteroatoms. The van der Waals surface area contributed by atoms with Crippen LogP contribution in [0.4, 0.5) is 0 Å². The van der Waals surface area contributed by atoms with E-state index in [9.17, 15) is 4.79 Å². The summed E-state index contributed by atoms with van der Waals surface area (Å²) in [7, 11) is 0. The molecule has 6 nitrogen and oxygen atoms in total. The Hall–Kier alpha value is -2.99. The molecule has 2 aromatic heterocycles. The first-order chi connectivity index (χ1) is 13.8. The van der Waals surface area contributed by atoms with Crippen molar-refractivity contribution in [3.63, 3.8) is 0 Å². The standard InChI is InChI=1S/C22H25N5O/c28-22(21-9-11-24-25-21)27-13-12-26(15-18-6-2-1-3-7-18)16-19(17-27)14-20-8-4-5-10-23-20/h1-11,19H,12-17H2,(H,24,25)/t19-/m1/s1. The second kappa shape index (κ2) is 8.80. The number of aromatic amines is 1. The zero-order valence-electron chi connectivity index (χ0n) is 15.9. The number of carbonyl (C=O) groups excluding carboxylic acids is 1. The SMILES string of the molecule is O=C(c1ccn[nH]1)N1CCN(Cc2ccccc2)C[C@@H](Cc2ccccn2)C1. The second-order valence-electron chi connectivity index (χ2n) is 7.33. The highest BCUT2D eigenvalue weighted by Crippen LogP contribution is 2.18. The van der Waals surface area contributed by atoms with E-state index >= 15 is 0 Å². The summed E-state index contributed by atoms with van der Waals surface area (Å²) in [5.74, 6) is 0.345. The van der Waals surface area contributed by atoms with Gasteiger partial charge in [-0.2, -0.15) is 5.10 Å². The number of benzene rings is 1. The van der Waals surface area contributed by atoms with Gasteiger partial charge in [0.05, 0.1) is 0 Å². The van der Waals surface area contributed by atoms with Crippen molar-refractivity contribution in [3.8, 4) is 0 Å². The van der Waals surface area contributed by atoms with Crippen LogP contribution < -0.4 is 0 Å². The van der Waals surface area contributed by atoms with Crippen LogP contribution in [-0.4, -0.2) is 57.1 Å². The van der Waals surface area contributed by atoms with Crippen molar-refractivity contribution >= 4 is 5.91 Å². The predicted octanol–water partition coefficient (Wildman–Crippen LogP) is 2.62. The number of rotatable bonds is 5. The van der Waals surface area contributed by atoms with Gasteiger partial charge < -0.3 is 4.90 Å². The summed E-state index contributed by atoms with van der Waals surface area (Å²) in [4.78, 5) is 21.8. The molecule has 1 atom stereocenters. The lowest BCUT2D eigenvalue weighted by Crippen LogP contribution is -2.36. The highest BCUT2D eigenvalue weighted by molar-refractivity contribution is 5.92. The average Bonchev–Trinajstić information content (AvgIpc) is 3.19. The van der Waals surface area contributed by atoms with E-state index in [-0.39, 0.29) is 5.91 Å². The van der Waals surface area contributed by atoms with Gasteiger partial charge in [-0.05, 0) is 36.1 Å². The number of nitrogens with one attached hydrogen (secondary N) is 1. The number of amides is 1. The molecular weight excluding hydrogens is 350 g/mol. The van der Waals surface area contributed by atoms with Gasteiger partial charge in [0.2, 0.25) is 0 Å². The van der Waals surface area contributed by atoms with Gasteiger partial charge in [-0.15, -0.1) is 0 Å². The Morgan fingerprint density at radius 3 is 2.61 bits per heavy atom. The Morgan fingerprint density at radius 1 is 1.00 bits per heavy atom. The summed E-state index contributed by atoms with van der Waals surface area (Å²) in [6, 6.07) is 18.3. The molecule has 0 spiro atoms. The third-order valence-electron chi connectivity index (χ3n) is 5.17. The molecule has 1 aliphatic heterocycles. The van der Waals surface area contributed by atoms with E-state index < -0.39 is 0 Å². The topological polar surface area (TPSA) is 65.1 Å². The van der Waals surface area contributed by atoms with Crippen molar-refractivity contribution in [2.24, 2.45) is 5.92 Å². The van der Waals surface area contributed by atoms with Crippen LogP contribution in [0, 0.1) is 5.92 Å². The Kier molecular flexibility index (Phi) is 5.77. The summed E-state index contributed by atoms with van der Waals surface area (Å²) in [5, 5.41) is 6.73. The molecule has 1 amide bonds.